The maximum atomic E-state index is 11.3. The van der Waals surface area contributed by atoms with Gasteiger partial charge in [0.15, 0.2) is 0 Å². The second kappa shape index (κ2) is 10.5. The van der Waals surface area contributed by atoms with Gasteiger partial charge in [-0.15, -0.1) is 0 Å². The van der Waals surface area contributed by atoms with E-state index in [1.54, 1.807) is 6.08 Å². The third-order valence-corrected chi connectivity index (χ3v) is 2.15. The fourth-order valence-electron chi connectivity index (χ4n) is 1.19. The first-order valence-electron chi connectivity index (χ1n) is 6.27. The average Bonchev–Trinajstić information content (AvgIpc) is 2.25. The number of hydrogen-bond donors (Lipinski definition) is 1. The first-order valence-corrected chi connectivity index (χ1v) is 6.27. The summed E-state index contributed by atoms with van der Waals surface area (Å²) in [5.41, 5.74) is 0. The number of allylic oxidation sites excluding steroid dienone is 3. The summed E-state index contributed by atoms with van der Waals surface area (Å²) >= 11 is 0. The minimum Gasteiger partial charge on any atom is -0.352 e. The summed E-state index contributed by atoms with van der Waals surface area (Å²) < 4.78 is 0. The smallest absolute Gasteiger partial charge is 0.243 e. The van der Waals surface area contributed by atoms with Gasteiger partial charge in [-0.3, -0.25) is 4.79 Å². The van der Waals surface area contributed by atoms with E-state index in [9.17, 15) is 4.79 Å². The van der Waals surface area contributed by atoms with E-state index in [0.29, 0.717) is 5.92 Å². The highest BCUT2D eigenvalue weighted by molar-refractivity contribution is 5.87. The molecule has 0 radical (unpaired) electrons. The summed E-state index contributed by atoms with van der Waals surface area (Å²) in [6.45, 7) is 7.10. The molecule has 0 atom stereocenters. The zero-order valence-corrected chi connectivity index (χ0v) is 10.8. The van der Waals surface area contributed by atoms with Crippen molar-refractivity contribution in [2.75, 3.05) is 6.54 Å². The minimum absolute atomic E-state index is 0.00749. The third kappa shape index (κ3) is 11.0. The lowest BCUT2D eigenvalue weighted by Gasteiger charge is -2.03. The number of carbonyl (C=O) groups excluding carboxylic acids is 1. The number of unbranched alkanes of at least 4 members (excludes halogenated alkanes) is 3. The summed E-state index contributed by atoms with van der Waals surface area (Å²) in [4.78, 5) is 11.3. The van der Waals surface area contributed by atoms with Crippen molar-refractivity contribution in [1.29, 1.82) is 0 Å². The number of carbonyl (C=O) groups is 1. The molecule has 2 nitrogen and oxygen atoms in total. The van der Waals surface area contributed by atoms with Gasteiger partial charge in [-0.05, 0) is 18.8 Å². The minimum atomic E-state index is -0.00749. The molecule has 1 amide bonds. The molecule has 0 aromatic heterocycles. The molecule has 1 N–H and O–H groups in total. The molecule has 0 bridgehead atoms. The van der Waals surface area contributed by atoms with Crippen molar-refractivity contribution in [2.45, 2.75) is 46.5 Å². The molecule has 0 fully saturated rings. The van der Waals surface area contributed by atoms with Crippen LogP contribution in [0.5, 0.6) is 0 Å². The molecule has 0 aliphatic heterocycles. The lowest BCUT2D eigenvalue weighted by Crippen LogP contribution is -2.25. The summed E-state index contributed by atoms with van der Waals surface area (Å²) in [7, 11) is 0. The fraction of sp³-hybridized carbons (Fsp3) is 0.643. The van der Waals surface area contributed by atoms with Gasteiger partial charge in [0.2, 0.25) is 5.91 Å². The Hall–Kier alpha value is -1.05. The van der Waals surface area contributed by atoms with E-state index in [1.807, 2.05) is 12.2 Å². The second-order valence-electron chi connectivity index (χ2n) is 4.42. The van der Waals surface area contributed by atoms with Crippen molar-refractivity contribution in [3.8, 4) is 0 Å². The summed E-state index contributed by atoms with van der Waals surface area (Å²) in [6, 6.07) is 0. The van der Waals surface area contributed by atoms with Crippen LogP contribution in [0.2, 0.25) is 0 Å². The van der Waals surface area contributed by atoms with Gasteiger partial charge in [0.1, 0.15) is 0 Å². The molecule has 0 rings (SSSR count). The van der Waals surface area contributed by atoms with Crippen molar-refractivity contribution >= 4 is 5.91 Å². The predicted molar refractivity (Wildman–Crippen MR) is 70.3 cm³/mol. The molecule has 0 aliphatic rings. The maximum absolute atomic E-state index is 11.3. The third-order valence-electron chi connectivity index (χ3n) is 2.15. The Kier molecular flexibility index (Phi) is 9.78. The fourth-order valence-corrected chi connectivity index (χ4v) is 1.19. The van der Waals surface area contributed by atoms with Gasteiger partial charge in [-0.25, -0.2) is 0 Å². The van der Waals surface area contributed by atoms with Gasteiger partial charge in [0.25, 0.3) is 0 Å². The van der Waals surface area contributed by atoms with E-state index in [-0.39, 0.29) is 5.91 Å². The van der Waals surface area contributed by atoms with Gasteiger partial charge >= 0.3 is 0 Å². The molecular formula is C14H25NO. The molecule has 0 spiro atoms. The van der Waals surface area contributed by atoms with Crippen LogP contribution >= 0.6 is 0 Å². The van der Waals surface area contributed by atoms with Crippen molar-refractivity contribution < 1.29 is 4.79 Å². The van der Waals surface area contributed by atoms with E-state index in [2.05, 4.69) is 32.2 Å². The van der Waals surface area contributed by atoms with Gasteiger partial charge < -0.3 is 5.32 Å². The Morgan fingerprint density at radius 1 is 1.25 bits per heavy atom. The quantitative estimate of drug-likeness (QED) is 0.381. The molecule has 0 saturated heterocycles. The SMILES string of the molecule is CCCCC/C=C/C=CC(=O)NCC(C)C. The zero-order chi connectivity index (χ0) is 12.2. The van der Waals surface area contributed by atoms with Crippen LogP contribution < -0.4 is 5.32 Å². The van der Waals surface area contributed by atoms with Crippen LogP contribution in [0.4, 0.5) is 0 Å². The highest BCUT2D eigenvalue weighted by Gasteiger charge is 1.95. The lowest BCUT2D eigenvalue weighted by atomic mass is 10.2. The van der Waals surface area contributed by atoms with E-state index < -0.39 is 0 Å². The standard InChI is InChI=1S/C14H25NO/c1-4-5-6-7-8-9-10-11-14(16)15-12-13(2)3/h8-11,13H,4-7,12H2,1-3H3,(H,15,16)/b9-8+,11-10?. The van der Waals surface area contributed by atoms with E-state index in [4.69, 9.17) is 0 Å². The summed E-state index contributed by atoms with van der Waals surface area (Å²) in [5.74, 6) is 0.494. The van der Waals surface area contributed by atoms with Crippen LogP contribution in [0.1, 0.15) is 46.5 Å². The molecule has 0 aliphatic carbocycles. The zero-order valence-electron chi connectivity index (χ0n) is 10.8. The molecule has 16 heavy (non-hydrogen) atoms. The monoisotopic (exact) mass is 223 g/mol. The highest BCUT2D eigenvalue weighted by atomic mass is 16.1. The van der Waals surface area contributed by atoms with Crippen LogP contribution in [0, 0.1) is 5.92 Å². The van der Waals surface area contributed by atoms with Gasteiger partial charge in [-0.2, -0.15) is 0 Å². The van der Waals surface area contributed by atoms with Gasteiger partial charge in [0, 0.05) is 12.6 Å². The molecule has 0 heterocycles. The topological polar surface area (TPSA) is 29.1 Å². The van der Waals surface area contributed by atoms with Crippen LogP contribution in [0.25, 0.3) is 0 Å². The van der Waals surface area contributed by atoms with Gasteiger partial charge in [0.05, 0.1) is 0 Å². The van der Waals surface area contributed by atoms with E-state index in [1.165, 1.54) is 19.3 Å². The lowest BCUT2D eigenvalue weighted by molar-refractivity contribution is -0.116. The summed E-state index contributed by atoms with van der Waals surface area (Å²) in [5, 5.41) is 2.83. The van der Waals surface area contributed by atoms with Crippen molar-refractivity contribution in [3.63, 3.8) is 0 Å². The highest BCUT2D eigenvalue weighted by Crippen LogP contribution is 1.99. The number of rotatable bonds is 8. The predicted octanol–water partition coefficient (Wildman–Crippen LogP) is 3.45. The van der Waals surface area contributed by atoms with Gasteiger partial charge in [-0.1, -0.05) is 51.8 Å². The molecule has 2 heteroatoms. The summed E-state index contributed by atoms with van der Waals surface area (Å²) in [6.07, 6.45) is 12.3. The molecule has 0 saturated carbocycles. The normalized spacial score (nSPS) is 11.8. The largest absolute Gasteiger partial charge is 0.352 e. The van der Waals surface area contributed by atoms with E-state index in [0.717, 1.165) is 13.0 Å². The van der Waals surface area contributed by atoms with Crippen molar-refractivity contribution in [2.24, 2.45) is 5.92 Å². The molecule has 0 aromatic carbocycles. The van der Waals surface area contributed by atoms with E-state index >= 15 is 0 Å². The van der Waals surface area contributed by atoms with Crippen molar-refractivity contribution in [3.05, 3.63) is 24.3 Å². The molecule has 0 unspecified atom stereocenters. The van der Waals surface area contributed by atoms with Crippen LogP contribution in [0.15, 0.2) is 24.3 Å². The van der Waals surface area contributed by atoms with Crippen molar-refractivity contribution in [1.82, 2.24) is 5.32 Å². The number of hydrogen-bond acceptors (Lipinski definition) is 1. The van der Waals surface area contributed by atoms with Crippen LogP contribution in [-0.2, 0) is 4.79 Å². The maximum Gasteiger partial charge on any atom is 0.243 e. The average molecular weight is 223 g/mol. The number of amides is 1. The Labute approximate surface area is 99.8 Å². The first-order chi connectivity index (χ1) is 7.66. The van der Waals surface area contributed by atoms with Crippen LogP contribution in [-0.4, -0.2) is 12.5 Å². The van der Waals surface area contributed by atoms with Crippen LogP contribution in [0.3, 0.4) is 0 Å². The number of nitrogens with one attached hydrogen (secondary N) is 1. The molecule has 92 valence electrons. The first kappa shape index (κ1) is 14.9. The Morgan fingerprint density at radius 3 is 2.62 bits per heavy atom. The Morgan fingerprint density at radius 2 is 2.00 bits per heavy atom. The Bertz CT molecular complexity index is 229. The molecular weight excluding hydrogens is 198 g/mol. The molecule has 0 aromatic rings. The Balaban J connectivity index is 3.54. The second-order valence-corrected chi connectivity index (χ2v) is 4.42.